The van der Waals surface area contributed by atoms with E-state index in [0.29, 0.717) is 10.2 Å². The molecule has 0 unspecified atom stereocenters. The Morgan fingerprint density at radius 2 is 2.00 bits per heavy atom. The summed E-state index contributed by atoms with van der Waals surface area (Å²) in [4.78, 5) is 11.3. The van der Waals surface area contributed by atoms with Gasteiger partial charge in [0.1, 0.15) is 5.75 Å². The van der Waals surface area contributed by atoms with E-state index in [1.54, 1.807) is 20.1 Å². The SMILES string of the molecule is CCOC(=O)/C(I)=C/c1ccc(OC)cc1. The zero-order chi connectivity index (χ0) is 12.0. The van der Waals surface area contributed by atoms with E-state index < -0.39 is 0 Å². The molecule has 16 heavy (non-hydrogen) atoms. The van der Waals surface area contributed by atoms with Crippen molar-refractivity contribution in [1.29, 1.82) is 0 Å². The lowest BCUT2D eigenvalue weighted by atomic mass is 10.2. The first-order chi connectivity index (χ1) is 7.67. The standard InChI is InChI=1S/C12H13IO3/c1-3-16-12(14)11(13)8-9-4-6-10(15-2)7-5-9/h4-8H,3H2,1-2H3/b11-8-. The normalized spacial score (nSPS) is 11.1. The number of hydrogen-bond donors (Lipinski definition) is 0. The fourth-order valence-corrected chi connectivity index (χ4v) is 1.62. The third-order valence-electron chi connectivity index (χ3n) is 1.88. The number of halogens is 1. The smallest absolute Gasteiger partial charge is 0.344 e. The molecule has 86 valence electrons. The highest BCUT2D eigenvalue weighted by molar-refractivity contribution is 14.1. The molecule has 4 heteroatoms. The van der Waals surface area contributed by atoms with Crippen molar-refractivity contribution in [3.8, 4) is 5.75 Å². The Bertz CT molecular complexity index is 382. The Morgan fingerprint density at radius 1 is 1.38 bits per heavy atom. The molecule has 1 rings (SSSR count). The molecule has 3 nitrogen and oxygen atoms in total. The first kappa shape index (κ1) is 13.0. The van der Waals surface area contributed by atoms with Crippen LogP contribution in [0.5, 0.6) is 5.75 Å². The molecule has 0 aromatic heterocycles. The fourth-order valence-electron chi connectivity index (χ4n) is 1.11. The van der Waals surface area contributed by atoms with Crippen molar-refractivity contribution in [3.05, 3.63) is 33.4 Å². The Kier molecular flexibility index (Phi) is 5.31. The molecular formula is C12H13IO3. The molecule has 0 bridgehead atoms. The number of benzene rings is 1. The summed E-state index contributed by atoms with van der Waals surface area (Å²) in [7, 11) is 1.62. The molecule has 0 saturated heterocycles. The quantitative estimate of drug-likeness (QED) is 0.483. The van der Waals surface area contributed by atoms with Gasteiger partial charge in [0.05, 0.1) is 17.3 Å². The number of carbonyl (C=O) groups excluding carboxylic acids is 1. The van der Waals surface area contributed by atoms with E-state index in [9.17, 15) is 4.79 Å². The molecule has 0 fully saturated rings. The number of hydrogen-bond acceptors (Lipinski definition) is 3. The molecule has 0 aliphatic rings. The van der Waals surface area contributed by atoms with Crippen molar-refractivity contribution in [1.82, 2.24) is 0 Å². The molecule has 0 aliphatic carbocycles. The summed E-state index contributed by atoms with van der Waals surface area (Å²) in [6.45, 7) is 2.18. The van der Waals surface area contributed by atoms with Crippen LogP contribution in [0.4, 0.5) is 0 Å². The minimum absolute atomic E-state index is 0.293. The van der Waals surface area contributed by atoms with Crippen molar-refractivity contribution >= 4 is 34.6 Å². The maximum Gasteiger partial charge on any atom is 0.344 e. The molecule has 0 N–H and O–H groups in total. The predicted molar refractivity (Wildman–Crippen MR) is 71.6 cm³/mol. The summed E-state index contributed by atoms with van der Waals surface area (Å²) in [6, 6.07) is 7.47. The Labute approximate surface area is 109 Å². The minimum atomic E-state index is -0.293. The van der Waals surface area contributed by atoms with Crippen LogP contribution in [0.25, 0.3) is 6.08 Å². The lowest BCUT2D eigenvalue weighted by Gasteiger charge is -2.01. The van der Waals surface area contributed by atoms with Crippen LogP contribution < -0.4 is 4.74 Å². The molecular weight excluding hydrogens is 319 g/mol. The largest absolute Gasteiger partial charge is 0.497 e. The Balaban J connectivity index is 2.77. The monoisotopic (exact) mass is 332 g/mol. The highest BCUT2D eigenvalue weighted by atomic mass is 127. The molecule has 0 atom stereocenters. The average molecular weight is 332 g/mol. The van der Waals surface area contributed by atoms with Crippen molar-refractivity contribution in [2.75, 3.05) is 13.7 Å². The van der Waals surface area contributed by atoms with Gasteiger partial charge in [0, 0.05) is 0 Å². The molecule has 0 spiro atoms. The first-order valence-electron chi connectivity index (χ1n) is 4.85. The van der Waals surface area contributed by atoms with Crippen molar-refractivity contribution in [3.63, 3.8) is 0 Å². The van der Waals surface area contributed by atoms with Crippen LogP contribution in [0.1, 0.15) is 12.5 Å². The molecule has 1 aromatic rings. The second-order valence-electron chi connectivity index (χ2n) is 2.99. The highest BCUT2D eigenvalue weighted by Crippen LogP contribution is 2.17. The topological polar surface area (TPSA) is 35.5 Å². The average Bonchev–Trinajstić information content (AvgIpc) is 2.30. The number of carbonyl (C=O) groups is 1. The minimum Gasteiger partial charge on any atom is -0.497 e. The van der Waals surface area contributed by atoms with E-state index >= 15 is 0 Å². The van der Waals surface area contributed by atoms with Crippen molar-refractivity contribution < 1.29 is 14.3 Å². The number of esters is 1. The zero-order valence-corrected chi connectivity index (χ0v) is 11.4. The maximum atomic E-state index is 11.3. The van der Waals surface area contributed by atoms with Gasteiger partial charge in [-0.15, -0.1) is 0 Å². The summed E-state index contributed by atoms with van der Waals surface area (Å²) in [5, 5.41) is 0. The van der Waals surface area contributed by atoms with Gasteiger partial charge in [0.15, 0.2) is 0 Å². The van der Waals surface area contributed by atoms with Crippen LogP contribution in [0.3, 0.4) is 0 Å². The summed E-state index contributed by atoms with van der Waals surface area (Å²) < 4.78 is 10.5. The van der Waals surface area contributed by atoms with E-state index in [1.165, 1.54) is 0 Å². The highest BCUT2D eigenvalue weighted by Gasteiger charge is 2.05. The summed E-state index contributed by atoms with van der Waals surface area (Å²) in [6.07, 6.45) is 1.78. The lowest BCUT2D eigenvalue weighted by Crippen LogP contribution is -2.02. The number of methoxy groups -OCH3 is 1. The summed E-state index contributed by atoms with van der Waals surface area (Å²) >= 11 is 1.97. The van der Waals surface area contributed by atoms with Gasteiger partial charge in [0.25, 0.3) is 0 Å². The van der Waals surface area contributed by atoms with Crippen LogP contribution >= 0.6 is 22.6 Å². The number of ether oxygens (including phenoxy) is 2. The van der Waals surface area contributed by atoms with Gasteiger partial charge < -0.3 is 9.47 Å². The second kappa shape index (κ2) is 6.52. The third kappa shape index (κ3) is 3.84. The second-order valence-corrected chi connectivity index (χ2v) is 4.15. The van der Waals surface area contributed by atoms with Crippen LogP contribution in [0, 0.1) is 0 Å². The van der Waals surface area contributed by atoms with E-state index in [1.807, 2.05) is 46.9 Å². The Hall–Kier alpha value is -1.04. The van der Waals surface area contributed by atoms with Gasteiger partial charge in [-0.3, -0.25) is 0 Å². The van der Waals surface area contributed by atoms with E-state index in [0.717, 1.165) is 11.3 Å². The van der Waals surface area contributed by atoms with Crippen LogP contribution in [0.15, 0.2) is 27.8 Å². The summed E-state index contributed by atoms with van der Waals surface area (Å²) in [5.41, 5.74) is 0.943. The van der Waals surface area contributed by atoms with Crippen molar-refractivity contribution in [2.45, 2.75) is 6.92 Å². The van der Waals surface area contributed by atoms with E-state index in [2.05, 4.69) is 0 Å². The van der Waals surface area contributed by atoms with Gasteiger partial charge >= 0.3 is 5.97 Å². The third-order valence-corrected chi connectivity index (χ3v) is 2.63. The van der Waals surface area contributed by atoms with Gasteiger partial charge in [-0.05, 0) is 53.3 Å². The summed E-state index contributed by atoms with van der Waals surface area (Å²) in [5.74, 6) is 0.502. The molecule has 0 heterocycles. The van der Waals surface area contributed by atoms with Gasteiger partial charge in [0.2, 0.25) is 0 Å². The fraction of sp³-hybridized carbons (Fsp3) is 0.250. The van der Waals surface area contributed by atoms with Gasteiger partial charge in [-0.1, -0.05) is 12.1 Å². The molecule has 1 aromatic carbocycles. The van der Waals surface area contributed by atoms with E-state index in [-0.39, 0.29) is 5.97 Å². The van der Waals surface area contributed by atoms with Gasteiger partial charge in [-0.25, -0.2) is 4.79 Å². The van der Waals surface area contributed by atoms with Crippen LogP contribution in [-0.4, -0.2) is 19.7 Å². The molecule has 0 saturated carbocycles. The number of rotatable bonds is 4. The molecule has 0 aliphatic heterocycles. The zero-order valence-electron chi connectivity index (χ0n) is 9.20. The van der Waals surface area contributed by atoms with Crippen molar-refractivity contribution in [2.24, 2.45) is 0 Å². The Morgan fingerprint density at radius 3 is 2.50 bits per heavy atom. The molecule has 0 amide bonds. The maximum absolute atomic E-state index is 11.3. The van der Waals surface area contributed by atoms with Crippen LogP contribution in [0.2, 0.25) is 0 Å². The van der Waals surface area contributed by atoms with Gasteiger partial charge in [-0.2, -0.15) is 0 Å². The lowest BCUT2D eigenvalue weighted by molar-refractivity contribution is -0.137. The van der Waals surface area contributed by atoms with E-state index in [4.69, 9.17) is 9.47 Å². The van der Waals surface area contributed by atoms with Crippen LogP contribution in [-0.2, 0) is 9.53 Å². The molecule has 0 radical (unpaired) electrons. The first-order valence-corrected chi connectivity index (χ1v) is 5.93. The predicted octanol–water partition coefficient (Wildman–Crippen LogP) is 3.03.